The van der Waals surface area contributed by atoms with Crippen molar-refractivity contribution in [2.24, 2.45) is 5.41 Å². The minimum atomic E-state index is -0.0920. The van der Waals surface area contributed by atoms with Gasteiger partial charge >= 0.3 is 0 Å². The van der Waals surface area contributed by atoms with Gasteiger partial charge in [0.15, 0.2) is 0 Å². The molecule has 0 aliphatic carbocycles. The van der Waals surface area contributed by atoms with Crippen LogP contribution in [-0.2, 0) is 0 Å². The van der Waals surface area contributed by atoms with Crippen LogP contribution in [0.4, 0.5) is 0 Å². The maximum Gasteiger partial charge on any atom is 0.0609 e. The molecule has 0 spiro atoms. The molecule has 2 nitrogen and oxygen atoms in total. The predicted octanol–water partition coefficient (Wildman–Crippen LogP) is 2.13. The van der Waals surface area contributed by atoms with Gasteiger partial charge in [0, 0.05) is 5.54 Å². The topological polar surface area (TPSA) is 23.5 Å². The van der Waals surface area contributed by atoms with E-state index in [1.54, 1.807) is 0 Å². The van der Waals surface area contributed by atoms with Crippen LogP contribution in [0.3, 0.4) is 0 Å². The zero-order valence-corrected chi connectivity index (χ0v) is 10.0. The molecule has 0 rings (SSSR count). The standard InChI is InChI=1S/C11H25NO/c1-10(2,3)7-8-12(6)11(4,5)9-13/h13H,7-9H2,1-6H3. The number of nitrogens with zero attached hydrogens (tertiary/aromatic N) is 1. The lowest BCUT2D eigenvalue weighted by Crippen LogP contribution is -2.45. The molecule has 0 radical (unpaired) electrons. The largest absolute Gasteiger partial charge is 0.394 e. The summed E-state index contributed by atoms with van der Waals surface area (Å²) in [5, 5.41) is 9.15. The van der Waals surface area contributed by atoms with Crippen LogP contribution in [0.15, 0.2) is 0 Å². The van der Waals surface area contributed by atoms with Crippen LogP contribution in [0.1, 0.15) is 41.0 Å². The minimum Gasteiger partial charge on any atom is -0.394 e. The van der Waals surface area contributed by atoms with Gasteiger partial charge in [-0.2, -0.15) is 0 Å². The molecular formula is C11H25NO. The first-order chi connectivity index (χ1) is 5.69. The number of rotatable bonds is 4. The summed E-state index contributed by atoms with van der Waals surface area (Å²) in [4.78, 5) is 2.22. The molecule has 1 N–H and O–H groups in total. The Morgan fingerprint density at radius 2 is 1.54 bits per heavy atom. The summed E-state index contributed by atoms with van der Waals surface area (Å²) in [5.41, 5.74) is 0.283. The summed E-state index contributed by atoms with van der Waals surface area (Å²) in [6, 6.07) is 0. The van der Waals surface area contributed by atoms with E-state index in [0.717, 1.165) is 13.0 Å². The first-order valence-corrected chi connectivity index (χ1v) is 5.01. The molecule has 2 heteroatoms. The zero-order valence-electron chi connectivity index (χ0n) is 10.0. The van der Waals surface area contributed by atoms with Crippen molar-refractivity contribution in [3.05, 3.63) is 0 Å². The second-order valence-corrected chi connectivity index (χ2v) is 5.70. The number of aliphatic hydroxyl groups is 1. The fraction of sp³-hybridized carbons (Fsp3) is 1.00. The normalized spacial score (nSPS) is 13.8. The van der Waals surface area contributed by atoms with E-state index in [-0.39, 0.29) is 12.1 Å². The zero-order chi connectivity index (χ0) is 10.7. The van der Waals surface area contributed by atoms with Crippen molar-refractivity contribution in [3.63, 3.8) is 0 Å². The van der Waals surface area contributed by atoms with Crippen molar-refractivity contribution in [1.29, 1.82) is 0 Å². The highest BCUT2D eigenvalue weighted by Gasteiger charge is 2.23. The molecule has 80 valence electrons. The molecule has 0 unspecified atom stereocenters. The van der Waals surface area contributed by atoms with Gasteiger partial charge in [0.2, 0.25) is 0 Å². The summed E-state index contributed by atoms with van der Waals surface area (Å²) in [6.07, 6.45) is 1.16. The SMILES string of the molecule is CN(CCC(C)(C)C)C(C)(C)CO. The third kappa shape index (κ3) is 5.27. The van der Waals surface area contributed by atoms with E-state index in [1.165, 1.54) is 0 Å². The third-order valence-electron chi connectivity index (χ3n) is 2.62. The van der Waals surface area contributed by atoms with Crippen LogP contribution in [0.5, 0.6) is 0 Å². The Labute approximate surface area is 82.9 Å². The molecule has 0 aromatic carbocycles. The van der Waals surface area contributed by atoms with Gasteiger partial charge in [0.25, 0.3) is 0 Å². The number of hydrogen-bond acceptors (Lipinski definition) is 2. The summed E-state index contributed by atoms with van der Waals surface area (Å²) in [6.45, 7) is 12.1. The van der Waals surface area contributed by atoms with Crippen molar-refractivity contribution in [1.82, 2.24) is 4.90 Å². The second kappa shape index (κ2) is 4.43. The monoisotopic (exact) mass is 187 g/mol. The van der Waals surface area contributed by atoms with E-state index >= 15 is 0 Å². The van der Waals surface area contributed by atoms with E-state index < -0.39 is 0 Å². The van der Waals surface area contributed by atoms with Crippen molar-refractivity contribution < 1.29 is 5.11 Å². The molecule has 0 aliphatic heterocycles. The maximum atomic E-state index is 9.15. The fourth-order valence-electron chi connectivity index (χ4n) is 0.926. The average Bonchev–Trinajstić information content (AvgIpc) is 1.98. The van der Waals surface area contributed by atoms with Crippen LogP contribution >= 0.6 is 0 Å². The quantitative estimate of drug-likeness (QED) is 0.729. The molecule has 13 heavy (non-hydrogen) atoms. The Bertz CT molecular complexity index is 147. The van der Waals surface area contributed by atoms with Gasteiger partial charge in [-0.15, -0.1) is 0 Å². The summed E-state index contributed by atoms with van der Waals surface area (Å²) < 4.78 is 0. The number of aliphatic hydroxyl groups excluding tert-OH is 1. The predicted molar refractivity (Wildman–Crippen MR) is 57.9 cm³/mol. The van der Waals surface area contributed by atoms with Crippen molar-refractivity contribution in [2.75, 3.05) is 20.2 Å². The van der Waals surface area contributed by atoms with Gasteiger partial charge < -0.3 is 5.11 Å². The Hall–Kier alpha value is -0.0800. The van der Waals surface area contributed by atoms with E-state index in [9.17, 15) is 0 Å². The van der Waals surface area contributed by atoms with Crippen molar-refractivity contribution in [3.8, 4) is 0 Å². The first-order valence-electron chi connectivity index (χ1n) is 5.01. The van der Waals surface area contributed by atoms with E-state index in [1.807, 2.05) is 0 Å². The molecule has 0 aromatic heterocycles. The fourth-order valence-corrected chi connectivity index (χ4v) is 0.926. The van der Waals surface area contributed by atoms with Crippen molar-refractivity contribution in [2.45, 2.75) is 46.6 Å². The number of likely N-dealkylation sites (N-methyl/N-ethyl adjacent to an activating group) is 1. The summed E-state index contributed by atoms with van der Waals surface area (Å²) >= 11 is 0. The lowest BCUT2D eigenvalue weighted by Gasteiger charge is -2.35. The summed E-state index contributed by atoms with van der Waals surface area (Å²) in [5.74, 6) is 0. The smallest absolute Gasteiger partial charge is 0.0609 e. The van der Waals surface area contributed by atoms with Gasteiger partial charge in [-0.1, -0.05) is 20.8 Å². The van der Waals surface area contributed by atoms with Crippen LogP contribution < -0.4 is 0 Å². The highest BCUT2D eigenvalue weighted by Crippen LogP contribution is 2.21. The van der Waals surface area contributed by atoms with Crippen LogP contribution in [0.2, 0.25) is 0 Å². The van der Waals surface area contributed by atoms with Crippen LogP contribution in [0, 0.1) is 5.41 Å². The number of hydrogen-bond donors (Lipinski definition) is 1. The average molecular weight is 187 g/mol. The third-order valence-corrected chi connectivity index (χ3v) is 2.62. The lowest BCUT2D eigenvalue weighted by atomic mass is 9.91. The molecule has 0 saturated carbocycles. The molecule has 0 atom stereocenters. The molecule has 0 heterocycles. The van der Waals surface area contributed by atoms with Crippen LogP contribution in [-0.4, -0.2) is 35.7 Å². The minimum absolute atomic E-state index is 0.0920. The molecule has 0 saturated heterocycles. The van der Waals surface area contributed by atoms with Gasteiger partial charge in [0.05, 0.1) is 6.61 Å². The molecular weight excluding hydrogens is 162 g/mol. The Balaban J connectivity index is 3.95. The highest BCUT2D eigenvalue weighted by atomic mass is 16.3. The first kappa shape index (κ1) is 12.9. The van der Waals surface area contributed by atoms with Gasteiger partial charge in [0.1, 0.15) is 0 Å². The van der Waals surface area contributed by atoms with Crippen molar-refractivity contribution >= 4 is 0 Å². The Kier molecular flexibility index (Phi) is 4.40. The van der Waals surface area contributed by atoms with Gasteiger partial charge in [-0.05, 0) is 39.3 Å². The second-order valence-electron chi connectivity index (χ2n) is 5.70. The molecule has 0 aromatic rings. The Morgan fingerprint density at radius 1 is 1.08 bits per heavy atom. The Morgan fingerprint density at radius 3 is 1.85 bits per heavy atom. The van der Waals surface area contributed by atoms with Gasteiger partial charge in [-0.25, -0.2) is 0 Å². The molecule has 0 fully saturated rings. The van der Waals surface area contributed by atoms with E-state index in [2.05, 4.69) is 46.6 Å². The van der Waals surface area contributed by atoms with E-state index in [0.29, 0.717) is 5.41 Å². The highest BCUT2D eigenvalue weighted by molar-refractivity contribution is 4.79. The van der Waals surface area contributed by atoms with Gasteiger partial charge in [-0.3, -0.25) is 4.90 Å². The maximum absolute atomic E-state index is 9.15. The lowest BCUT2D eigenvalue weighted by molar-refractivity contribution is 0.0704. The summed E-state index contributed by atoms with van der Waals surface area (Å²) in [7, 11) is 2.07. The molecule has 0 amide bonds. The van der Waals surface area contributed by atoms with Crippen LogP contribution in [0.25, 0.3) is 0 Å². The van der Waals surface area contributed by atoms with E-state index in [4.69, 9.17) is 5.11 Å². The molecule has 0 bridgehead atoms. The molecule has 0 aliphatic rings.